The van der Waals surface area contributed by atoms with Crippen LogP contribution in [0.5, 0.6) is 11.5 Å². The minimum absolute atomic E-state index is 0.0862. The van der Waals surface area contributed by atoms with E-state index in [9.17, 15) is 9.90 Å². The fourth-order valence-electron chi connectivity index (χ4n) is 1.60. The van der Waals surface area contributed by atoms with Gasteiger partial charge in [0.05, 0.1) is 24.5 Å². The number of benzene rings is 1. The average Bonchev–Trinajstić information content (AvgIpc) is 2.54. The third-order valence-corrected chi connectivity index (χ3v) is 4.71. The number of aromatic hydroxyl groups is 1. The average molecular weight is 429 g/mol. The monoisotopic (exact) mass is 427 g/mol. The minimum Gasteiger partial charge on any atom is -0.504 e. The van der Waals surface area contributed by atoms with E-state index < -0.39 is 5.91 Å². The van der Waals surface area contributed by atoms with E-state index in [-0.39, 0.29) is 11.5 Å². The molecule has 0 radical (unpaired) electrons. The maximum Gasteiger partial charge on any atom is 0.272 e. The number of aromatic nitrogens is 1. The van der Waals surface area contributed by atoms with Crippen LogP contribution in [0.25, 0.3) is 0 Å². The van der Waals surface area contributed by atoms with Gasteiger partial charge in [-0.3, -0.25) is 9.78 Å². The second-order valence-electron chi connectivity index (χ2n) is 4.08. The summed E-state index contributed by atoms with van der Waals surface area (Å²) in [6, 6.07) is 4.89. The maximum absolute atomic E-state index is 11.8. The second-order valence-corrected chi connectivity index (χ2v) is 5.73. The number of phenols is 1. The highest BCUT2D eigenvalue weighted by Crippen LogP contribution is 2.39. The SMILES string of the molecule is COc1cc(Br)c(Br)c(C=NNC(=O)c2cccnc2)c1O. The highest BCUT2D eigenvalue weighted by atomic mass is 79.9. The quantitative estimate of drug-likeness (QED) is 0.578. The van der Waals surface area contributed by atoms with Gasteiger partial charge in [0.1, 0.15) is 0 Å². The molecule has 1 heterocycles. The molecule has 0 fully saturated rings. The molecule has 0 saturated heterocycles. The van der Waals surface area contributed by atoms with E-state index in [1.165, 1.54) is 19.5 Å². The van der Waals surface area contributed by atoms with Crippen LogP contribution in [0.15, 0.2) is 44.6 Å². The van der Waals surface area contributed by atoms with Gasteiger partial charge >= 0.3 is 0 Å². The molecule has 2 aromatic rings. The van der Waals surface area contributed by atoms with E-state index in [2.05, 4.69) is 47.4 Å². The van der Waals surface area contributed by atoms with Crippen molar-refractivity contribution in [1.82, 2.24) is 10.4 Å². The van der Waals surface area contributed by atoms with Crippen molar-refractivity contribution in [3.8, 4) is 11.5 Å². The van der Waals surface area contributed by atoms with Crippen molar-refractivity contribution in [2.24, 2.45) is 5.10 Å². The highest BCUT2D eigenvalue weighted by Gasteiger charge is 2.14. The van der Waals surface area contributed by atoms with Gasteiger partial charge in [-0.1, -0.05) is 0 Å². The molecule has 22 heavy (non-hydrogen) atoms. The summed E-state index contributed by atoms with van der Waals surface area (Å²) < 4.78 is 6.33. The minimum atomic E-state index is -0.401. The summed E-state index contributed by atoms with van der Waals surface area (Å²) in [5.41, 5.74) is 3.12. The van der Waals surface area contributed by atoms with E-state index in [4.69, 9.17) is 4.74 Å². The number of nitrogens with zero attached hydrogens (tertiary/aromatic N) is 2. The molecule has 2 rings (SSSR count). The summed E-state index contributed by atoms with van der Waals surface area (Å²) in [7, 11) is 1.44. The molecule has 8 heteroatoms. The molecule has 0 saturated carbocycles. The molecule has 6 nitrogen and oxygen atoms in total. The fourth-order valence-corrected chi connectivity index (χ4v) is 2.43. The smallest absolute Gasteiger partial charge is 0.272 e. The number of hydrogen-bond donors (Lipinski definition) is 2. The maximum atomic E-state index is 11.8. The normalized spacial score (nSPS) is 10.7. The summed E-state index contributed by atoms with van der Waals surface area (Å²) in [6.45, 7) is 0. The lowest BCUT2D eigenvalue weighted by atomic mass is 10.2. The van der Waals surface area contributed by atoms with Crippen LogP contribution in [0.4, 0.5) is 0 Å². The van der Waals surface area contributed by atoms with Crippen molar-refractivity contribution in [3.05, 3.63) is 50.7 Å². The molecule has 1 amide bonds. The summed E-state index contributed by atoms with van der Waals surface area (Å²) in [4.78, 5) is 15.7. The molecule has 0 aliphatic heterocycles. The predicted molar refractivity (Wildman–Crippen MR) is 89.4 cm³/mol. The Morgan fingerprint density at radius 2 is 2.27 bits per heavy atom. The van der Waals surface area contributed by atoms with Crippen LogP contribution in [0.2, 0.25) is 0 Å². The third-order valence-electron chi connectivity index (χ3n) is 2.70. The molecular weight excluding hydrogens is 418 g/mol. The van der Waals surface area contributed by atoms with Crippen LogP contribution in [-0.4, -0.2) is 29.3 Å². The molecule has 2 N–H and O–H groups in total. The van der Waals surface area contributed by atoms with Gasteiger partial charge in [-0.15, -0.1) is 0 Å². The lowest BCUT2D eigenvalue weighted by Gasteiger charge is -2.09. The molecule has 114 valence electrons. The zero-order valence-electron chi connectivity index (χ0n) is 11.4. The van der Waals surface area contributed by atoms with Crippen molar-refractivity contribution in [2.75, 3.05) is 7.11 Å². The van der Waals surface area contributed by atoms with E-state index in [1.807, 2.05) is 0 Å². The zero-order valence-corrected chi connectivity index (χ0v) is 14.6. The Morgan fingerprint density at radius 3 is 2.91 bits per heavy atom. The second kappa shape index (κ2) is 7.37. The summed E-state index contributed by atoms with van der Waals surface area (Å²) in [6.07, 6.45) is 4.32. The van der Waals surface area contributed by atoms with Gasteiger partial charge in [0.15, 0.2) is 11.5 Å². The van der Waals surface area contributed by atoms with Crippen LogP contribution in [0.3, 0.4) is 0 Å². The van der Waals surface area contributed by atoms with E-state index >= 15 is 0 Å². The van der Waals surface area contributed by atoms with E-state index in [0.717, 1.165) is 0 Å². The lowest BCUT2D eigenvalue weighted by molar-refractivity contribution is 0.0954. The van der Waals surface area contributed by atoms with Gasteiger partial charge in [0.25, 0.3) is 5.91 Å². The molecule has 1 aromatic heterocycles. The number of carbonyl (C=O) groups is 1. The van der Waals surface area contributed by atoms with E-state index in [1.54, 1.807) is 24.4 Å². The van der Waals surface area contributed by atoms with Crippen LogP contribution in [-0.2, 0) is 0 Å². The highest BCUT2D eigenvalue weighted by molar-refractivity contribution is 9.13. The van der Waals surface area contributed by atoms with Gasteiger partial charge in [-0.05, 0) is 50.1 Å². The molecular formula is C14H11Br2N3O3. The number of hydrogen-bond acceptors (Lipinski definition) is 5. The standard InChI is InChI=1S/C14H11Br2N3O3/c1-22-11-5-10(15)12(16)9(13(11)20)7-18-19-14(21)8-3-2-4-17-6-8/h2-7,20H,1H3,(H,19,21). The molecule has 0 unspecified atom stereocenters. The number of carbonyl (C=O) groups excluding carboxylic acids is 1. The van der Waals surface area contributed by atoms with Crippen LogP contribution < -0.4 is 10.2 Å². The van der Waals surface area contributed by atoms with Gasteiger partial charge in [-0.2, -0.15) is 5.10 Å². The number of pyridine rings is 1. The summed E-state index contributed by atoms with van der Waals surface area (Å²) >= 11 is 6.66. The number of rotatable bonds is 4. The number of halogens is 2. The first kappa shape index (κ1) is 16.4. The largest absolute Gasteiger partial charge is 0.504 e. The number of phenolic OH excluding ortho intramolecular Hbond substituents is 1. The molecule has 0 atom stereocenters. The summed E-state index contributed by atoms with van der Waals surface area (Å²) in [5.74, 6) is -0.200. The number of amides is 1. The molecule has 1 aromatic carbocycles. The van der Waals surface area contributed by atoms with Crippen molar-refractivity contribution in [1.29, 1.82) is 0 Å². The predicted octanol–water partition coefficient (Wildman–Crippen LogP) is 3.08. The Kier molecular flexibility index (Phi) is 5.51. The van der Waals surface area contributed by atoms with Crippen molar-refractivity contribution in [3.63, 3.8) is 0 Å². The first-order valence-corrected chi connectivity index (χ1v) is 7.61. The third kappa shape index (κ3) is 3.63. The van der Waals surface area contributed by atoms with Crippen LogP contribution in [0, 0.1) is 0 Å². The van der Waals surface area contributed by atoms with Crippen LogP contribution in [0.1, 0.15) is 15.9 Å². The molecule has 0 spiro atoms. The number of methoxy groups -OCH3 is 1. The Bertz CT molecular complexity index is 721. The van der Waals surface area contributed by atoms with Crippen LogP contribution >= 0.6 is 31.9 Å². The van der Waals surface area contributed by atoms with Gasteiger partial charge in [0.2, 0.25) is 0 Å². The zero-order chi connectivity index (χ0) is 16.1. The Morgan fingerprint density at radius 1 is 1.50 bits per heavy atom. The van der Waals surface area contributed by atoms with Gasteiger partial charge in [0, 0.05) is 21.3 Å². The first-order chi connectivity index (χ1) is 10.5. The molecule has 0 aliphatic rings. The van der Waals surface area contributed by atoms with E-state index in [0.29, 0.717) is 20.1 Å². The number of ether oxygens (including phenoxy) is 1. The Hall–Kier alpha value is -1.93. The number of nitrogens with one attached hydrogen (secondary N) is 1. The topological polar surface area (TPSA) is 83.8 Å². The first-order valence-electron chi connectivity index (χ1n) is 6.03. The molecule has 0 aliphatic carbocycles. The summed E-state index contributed by atoms with van der Waals surface area (Å²) in [5, 5.41) is 13.9. The Balaban J connectivity index is 2.20. The van der Waals surface area contributed by atoms with Crippen molar-refractivity contribution >= 4 is 44.0 Å². The lowest BCUT2D eigenvalue weighted by Crippen LogP contribution is -2.17. The fraction of sp³-hybridized carbons (Fsp3) is 0.0714. The van der Waals surface area contributed by atoms with Crippen molar-refractivity contribution < 1.29 is 14.6 Å². The van der Waals surface area contributed by atoms with Crippen molar-refractivity contribution in [2.45, 2.75) is 0 Å². The Labute approximate surface area is 143 Å². The van der Waals surface area contributed by atoms with Gasteiger partial charge in [-0.25, -0.2) is 5.43 Å². The molecule has 0 bridgehead atoms. The number of hydrazone groups is 1. The van der Waals surface area contributed by atoms with Gasteiger partial charge < -0.3 is 9.84 Å².